The highest BCUT2D eigenvalue weighted by atomic mass is 16.1. The molecule has 1 heterocycles. The number of amides is 1. The number of nitrogens with zero attached hydrogens (tertiary/aromatic N) is 1. The van der Waals surface area contributed by atoms with E-state index in [1.807, 2.05) is 24.6 Å². The molecule has 0 unspecified atom stereocenters. The number of hydrogen-bond acceptors (Lipinski definition) is 1. The second-order valence-electron chi connectivity index (χ2n) is 3.60. The minimum absolute atomic E-state index is 0.0746. The molecular formula is C11H18N2O. The molecule has 0 spiro atoms. The van der Waals surface area contributed by atoms with Gasteiger partial charge >= 0.3 is 0 Å². The first-order chi connectivity index (χ1) is 6.56. The lowest BCUT2D eigenvalue weighted by atomic mass is 10.2. The zero-order valence-corrected chi connectivity index (χ0v) is 9.35. The molecule has 1 amide bonds. The van der Waals surface area contributed by atoms with Gasteiger partial charge in [-0.05, 0) is 38.8 Å². The van der Waals surface area contributed by atoms with E-state index in [2.05, 4.69) is 19.2 Å². The SMILES string of the molecule is CCNC(=O)Cn1cc(C)c(C)c1C. The predicted octanol–water partition coefficient (Wildman–Crippen LogP) is 1.55. The first-order valence-electron chi connectivity index (χ1n) is 4.96. The molecule has 14 heavy (non-hydrogen) atoms. The summed E-state index contributed by atoms with van der Waals surface area (Å²) in [6.07, 6.45) is 2.03. The van der Waals surface area contributed by atoms with Crippen molar-refractivity contribution >= 4 is 5.91 Å². The van der Waals surface area contributed by atoms with E-state index in [1.54, 1.807) is 0 Å². The highest BCUT2D eigenvalue weighted by molar-refractivity contribution is 5.75. The van der Waals surface area contributed by atoms with Crippen molar-refractivity contribution in [3.63, 3.8) is 0 Å². The third kappa shape index (κ3) is 2.16. The van der Waals surface area contributed by atoms with E-state index in [1.165, 1.54) is 16.8 Å². The Morgan fingerprint density at radius 2 is 2.07 bits per heavy atom. The number of hydrogen-bond donors (Lipinski definition) is 1. The van der Waals surface area contributed by atoms with Crippen LogP contribution in [0, 0.1) is 20.8 Å². The van der Waals surface area contributed by atoms with Crippen molar-refractivity contribution in [1.29, 1.82) is 0 Å². The van der Waals surface area contributed by atoms with Gasteiger partial charge in [-0.3, -0.25) is 4.79 Å². The number of carbonyl (C=O) groups excluding carboxylic acids is 1. The highest BCUT2D eigenvalue weighted by Crippen LogP contribution is 2.13. The predicted molar refractivity (Wildman–Crippen MR) is 57.3 cm³/mol. The minimum Gasteiger partial charge on any atom is -0.355 e. The first-order valence-corrected chi connectivity index (χ1v) is 4.96. The van der Waals surface area contributed by atoms with Gasteiger partial charge in [-0.25, -0.2) is 0 Å². The van der Waals surface area contributed by atoms with Gasteiger partial charge in [0.05, 0.1) is 0 Å². The van der Waals surface area contributed by atoms with Crippen LogP contribution in [0.5, 0.6) is 0 Å². The fourth-order valence-electron chi connectivity index (χ4n) is 1.50. The summed E-state index contributed by atoms with van der Waals surface area (Å²) in [4.78, 5) is 11.4. The van der Waals surface area contributed by atoms with E-state index >= 15 is 0 Å². The Morgan fingerprint density at radius 1 is 1.43 bits per heavy atom. The summed E-state index contributed by atoms with van der Waals surface area (Å²) >= 11 is 0. The first kappa shape index (κ1) is 10.8. The minimum atomic E-state index is 0.0746. The molecule has 1 aromatic heterocycles. The van der Waals surface area contributed by atoms with Gasteiger partial charge in [-0.15, -0.1) is 0 Å². The zero-order chi connectivity index (χ0) is 10.7. The molecule has 0 bridgehead atoms. The molecule has 1 rings (SSSR count). The molecule has 1 N–H and O–H groups in total. The largest absolute Gasteiger partial charge is 0.355 e. The molecule has 0 fully saturated rings. The van der Waals surface area contributed by atoms with Gasteiger partial charge < -0.3 is 9.88 Å². The molecule has 0 radical (unpaired) electrons. The van der Waals surface area contributed by atoms with Crippen LogP contribution in [0.3, 0.4) is 0 Å². The Labute approximate surface area is 85.1 Å². The molecule has 78 valence electrons. The van der Waals surface area contributed by atoms with Gasteiger partial charge in [-0.1, -0.05) is 0 Å². The second kappa shape index (κ2) is 4.31. The highest BCUT2D eigenvalue weighted by Gasteiger charge is 2.07. The van der Waals surface area contributed by atoms with Crippen LogP contribution in [-0.4, -0.2) is 17.0 Å². The number of aryl methyl sites for hydroxylation is 1. The van der Waals surface area contributed by atoms with E-state index < -0.39 is 0 Å². The lowest BCUT2D eigenvalue weighted by Gasteiger charge is -2.06. The fourth-order valence-corrected chi connectivity index (χ4v) is 1.50. The Kier molecular flexibility index (Phi) is 3.33. The summed E-state index contributed by atoms with van der Waals surface area (Å²) in [7, 11) is 0. The average molecular weight is 194 g/mol. The molecule has 3 nitrogen and oxygen atoms in total. The lowest BCUT2D eigenvalue weighted by molar-refractivity contribution is -0.121. The van der Waals surface area contributed by atoms with Crippen LogP contribution in [0.1, 0.15) is 23.7 Å². The molecule has 0 saturated heterocycles. The molecule has 3 heteroatoms. The van der Waals surface area contributed by atoms with E-state index in [0.29, 0.717) is 13.1 Å². The molecule has 0 atom stereocenters. The van der Waals surface area contributed by atoms with Crippen LogP contribution in [0.2, 0.25) is 0 Å². The van der Waals surface area contributed by atoms with Gasteiger partial charge in [0.15, 0.2) is 0 Å². The molecular weight excluding hydrogens is 176 g/mol. The Bertz CT molecular complexity index is 339. The summed E-state index contributed by atoms with van der Waals surface area (Å²) in [5.74, 6) is 0.0746. The van der Waals surface area contributed by atoms with E-state index in [0.717, 1.165) is 0 Å². The van der Waals surface area contributed by atoms with Crippen LogP contribution in [0.25, 0.3) is 0 Å². The molecule has 0 aromatic carbocycles. The molecule has 0 aliphatic heterocycles. The smallest absolute Gasteiger partial charge is 0.239 e. The monoisotopic (exact) mass is 194 g/mol. The summed E-state index contributed by atoms with van der Waals surface area (Å²) in [6.45, 7) is 9.24. The normalized spacial score (nSPS) is 10.3. The van der Waals surface area contributed by atoms with Gasteiger partial charge in [-0.2, -0.15) is 0 Å². The Balaban J connectivity index is 2.77. The molecule has 1 aromatic rings. The van der Waals surface area contributed by atoms with E-state index in [9.17, 15) is 4.79 Å². The molecule has 0 aliphatic rings. The van der Waals surface area contributed by atoms with Crippen LogP contribution in [0.15, 0.2) is 6.20 Å². The summed E-state index contributed by atoms with van der Waals surface area (Å²) in [6, 6.07) is 0. The van der Waals surface area contributed by atoms with Crippen molar-refractivity contribution < 1.29 is 4.79 Å². The fraction of sp³-hybridized carbons (Fsp3) is 0.545. The van der Waals surface area contributed by atoms with Crippen molar-refractivity contribution in [2.75, 3.05) is 6.54 Å². The van der Waals surface area contributed by atoms with Gasteiger partial charge in [0.25, 0.3) is 0 Å². The number of likely N-dealkylation sites (N-methyl/N-ethyl adjacent to an activating group) is 1. The van der Waals surface area contributed by atoms with Gasteiger partial charge in [0.1, 0.15) is 6.54 Å². The molecule has 0 saturated carbocycles. The van der Waals surface area contributed by atoms with Crippen LogP contribution >= 0.6 is 0 Å². The van der Waals surface area contributed by atoms with E-state index in [-0.39, 0.29) is 5.91 Å². The lowest BCUT2D eigenvalue weighted by Crippen LogP contribution is -2.27. The van der Waals surface area contributed by atoms with Crippen LogP contribution in [0.4, 0.5) is 0 Å². The maximum Gasteiger partial charge on any atom is 0.239 e. The topological polar surface area (TPSA) is 34.0 Å². The van der Waals surface area contributed by atoms with Crippen LogP contribution < -0.4 is 5.32 Å². The molecule has 0 aliphatic carbocycles. The summed E-state index contributed by atoms with van der Waals surface area (Å²) in [5.41, 5.74) is 3.69. The van der Waals surface area contributed by atoms with Crippen molar-refractivity contribution in [2.24, 2.45) is 0 Å². The van der Waals surface area contributed by atoms with Crippen molar-refractivity contribution in [3.05, 3.63) is 23.0 Å². The summed E-state index contributed by atoms with van der Waals surface area (Å²) < 4.78 is 2.00. The quantitative estimate of drug-likeness (QED) is 0.778. The van der Waals surface area contributed by atoms with Crippen molar-refractivity contribution in [3.8, 4) is 0 Å². The third-order valence-electron chi connectivity index (χ3n) is 2.60. The third-order valence-corrected chi connectivity index (χ3v) is 2.60. The number of carbonyl (C=O) groups is 1. The van der Waals surface area contributed by atoms with Gasteiger partial charge in [0, 0.05) is 18.4 Å². The second-order valence-corrected chi connectivity index (χ2v) is 3.60. The maximum atomic E-state index is 11.4. The standard InChI is InChI=1S/C11H18N2O/c1-5-12-11(14)7-13-6-8(2)9(3)10(13)4/h6H,5,7H2,1-4H3,(H,12,14). The number of nitrogens with one attached hydrogen (secondary N) is 1. The average Bonchev–Trinajstić information content (AvgIpc) is 2.34. The Morgan fingerprint density at radius 3 is 2.50 bits per heavy atom. The number of aromatic nitrogens is 1. The van der Waals surface area contributed by atoms with Gasteiger partial charge in [0.2, 0.25) is 5.91 Å². The van der Waals surface area contributed by atoms with Crippen molar-refractivity contribution in [2.45, 2.75) is 34.2 Å². The maximum absolute atomic E-state index is 11.4. The van der Waals surface area contributed by atoms with E-state index in [4.69, 9.17) is 0 Å². The zero-order valence-electron chi connectivity index (χ0n) is 9.35. The Hall–Kier alpha value is -1.25. The van der Waals surface area contributed by atoms with Crippen molar-refractivity contribution in [1.82, 2.24) is 9.88 Å². The number of rotatable bonds is 3. The summed E-state index contributed by atoms with van der Waals surface area (Å²) in [5, 5.41) is 2.79. The van der Waals surface area contributed by atoms with Crippen LogP contribution in [-0.2, 0) is 11.3 Å².